The highest BCUT2D eigenvalue weighted by Crippen LogP contribution is 2.19. The molecule has 0 aliphatic carbocycles. The fourth-order valence-electron chi connectivity index (χ4n) is 0.881. The van der Waals surface area contributed by atoms with E-state index in [-0.39, 0.29) is 18.1 Å². The average Bonchev–Trinajstić information content (AvgIpc) is 2.18. The van der Waals surface area contributed by atoms with E-state index in [1.807, 2.05) is 20.8 Å². The number of carbonyl (C=O) groups excluding carboxylic acids is 1. The van der Waals surface area contributed by atoms with E-state index in [9.17, 15) is 4.79 Å². The van der Waals surface area contributed by atoms with Crippen LogP contribution in [0.2, 0.25) is 0 Å². The highest BCUT2D eigenvalue weighted by atomic mass is 79.9. The predicted octanol–water partition coefficient (Wildman–Crippen LogP) is 2.76. The van der Waals surface area contributed by atoms with E-state index in [2.05, 4.69) is 47.1 Å². The lowest BCUT2D eigenvalue weighted by molar-refractivity contribution is -0.125. The fraction of sp³-hybridized carbons (Fsp3) is 0.500. The van der Waals surface area contributed by atoms with E-state index in [1.165, 1.54) is 6.20 Å². The molecule has 0 aliphatic rings. The summed E-state index contributed by atoms with van der Waals surface area (Å²) in [6.07, 6.45) is 1.50. The Morgan fingerprint density at radius 3 is 2.65 bits per heavy atom. The van der Waals surface area contributed by atoms with Crippen LogP contribution in [0.3, 0.4) is 0 Å². The zero-order valence-electron chi connectivity index (χ0n) is 9.75. The number of rotatable bonds is 3. The number of nitrogens with one attached hydrogen (secondary N) is 1. The fourth-order valence-corrected chi connectivity index (χ4v) is 1.79. The Bertz CT molecular complexity index is 419. The third-order valence-electron chi connectivity index (χ3n) is 1.59. The van der Waals surface area contributed by atoms with Crippen molar-refractivity contribution < 1.29 is 9.53 Å². The van der Waals surface area contributed by atoms with Crippen LogP contribution in [0.4, 0.5) is 5.82 Å². The molecule has 7 heteroatoms. The van der Waals surface area contributed by atoms with Gasteiger partial charge in [-0.1, -0.05) is 0 Å². The molecule has 1 N–H and O–H groups in total. The van der Waals surface area contributed by atoms with Crippen molar-refractivity contribution in [2.75, 3.05) is 11.9 Å². The molecule has 0 radical (unpaired) electrons. The smallest absolute Gasteiger partial charge is 0.251 e. The van der Waals surface area contributed by atoms with Crippen LogP contribution in [0, 0.1) is 0 Å². The predicted molar refractivity (Wildman–Crippen MR) is 71.8 cm³/mol. The van der Waals surface area contributed by atoms with E-state index in [0.717, 1.165) is 0 Å². The van der Waals surface area contributed by atoms with Crippen molar-refractivity contribution in [3.8, 4) is 0 Å². The van der Waals surface area contributed by atoms with E-state index in [4.69, 9.17) is 4.74 Å². The Balaban J connectivity index is 2.57. The molecule has 0 aliphatic heterocycles. The second-order valence-electron chi connectivity index (χ2n) is 4.28. The zero-order chi connectivity index (χ0) is 13.1. The van der Waals surface area contributed by atoms with Crippen molar-refractivity contribution in [1.82, 2.24) is 9.97 Å². The molecule has 0 saturated heterocycles. The van der Waals surface area contributed by atoms with Gasteiger partial charge in [0.2, 0.25) is 0 Å². The van der Waals surface area contributed by atoms with Crippen LogP contribution in [-0.4, -0.2) is 28.1 Å². The van der Waals surface area contributed by atoms with Gasteiger partial charge in [-0.2, -0.15) is 0 Å². The number of nitrogens with zero attached hydrogens (tertiary/aromatic N) is 2. The van der Waals surface area contributed by atoms with Crippen LogP contribution in [0.25, 0.3) is 0 Å². The Hall–Kier alpha value is -0.530. The maximum atomic E-state index is 11.6. The zero-order valence-corrected chi connectivity index (χ0v) is 12.9. The molecular formula is C10H13Br2N3O2. The standard InChI is InChI=1S/C10H13Br2N3O2/c1-10(2,3)17-5-7(16)15-9-8(12)14-6(11)4-13-9/h4H,5H2,1-3H3,(H,13,15,16). The summed E-state index contributed by atoms with van der Waals surface area (Å²) in [6.45, 7) is 5.63. The van der Waals surface area contributed by atoms with Crippen molar-refractivity contribution >= 4 is 43.6 Å². The number of anilines is 1. The summed E-state index contributed by atoms with van der Waals surface area (Å²) in [5.74, 6) is 0.105. The first-order valence-electron chi connectivity index (χ1n) is 4.90. The minimum atomic E-state index is -0.347. The van der Waals surface area contributed by atoms with Gasteiger partial charge in [0.1, 0.15) is 15.8 Å². The van der Waals surface area contributed by atoms with E-state index in [1.54, 1.807) is 0 Å². The van der Waals surface area contributed by atoms with Gasteiger partial charge >= 0.3 is 0 Å². The highest BCUT2D eigenvalue weighted by molar-refractivity contribution is 9.11. The van der Waals surface area contributed by atoms with Crippen LogP contribution in [0.5, 0.6) is 0 Å². The lowest BCUT2D eigenvalue weighted by Gasteiger charge is -2.18. The van der Waals surface area contributed by atoms with Crippen molar-refractivity contribution in [3.05, 3.63) is 15.4 Å². The second-order valence-corrected chi connectivity index (χ2v) is 5.84. The van der Waals surface area contributed by atoms with Crippen molar-refractivity contribution in [1.29, 1.82) is 0 Å². The molecule has 0 aromatic carbocycles. The first kappa shape index (κ1) is 14.5. The monoisotopic (exact) mass is 365 g/mol. The SMILES string of the molecule is CC(C)(C)OCC(=O)Nc1ncc(Br)nc1Br. The van der Waals surface area contributed by atoms with Gasteiger partial charge in [0.15, 0.2) is 5.82 Å². The molecule has 1 heterocycles. The van der Waals surface area contributed by atoms with Gasteiger partial charge < -0.3 is 10.1 Å². The lowest BCUT2D eigenvalue weighted by Crippen LogP contribution is -2.27. The molecule has 5 nitrogen and oxygen atoms in total. The van der Waals surface area contributed by atoms with Gasteiger partial charge in [0, 0.05) is 0 Å². The quantitative estimate of drug-likeness (QED) is 0.893. The Morgan fingerprint density at radius 2 is 2.12 bits per heavy atom. The van der Waals surface area contributed by atoms with E-state index < -0.39 is 0 Å². The summed E-state index contributed by atoms with van der Waals surface area (Å²) in [5, 5.41) is 2.60. The van der Waals surface area contributed by atoms with Crippen molar-refractivity contribution in [2.45, 2.75) is 26.4 Å². The lowest BCUT2D eigenvalue weighted by atomic mass is 10.2. The van der Waals surface area contributed by atoms with Crippen LogP contribution in [0.1, 0.15) is 20.8 Å². The van der Waals surface area contributed by atoms with Crippen LogP contribution in [-0.2, 0) is 9.53 Å². The Labute approximate surface area is 117 Å². The van der Waals surface area contributed by atoms with E-state index in [0.29, 0.717) is 15.0 Å². The molecule has 0 atom stereocenters. The van der Waals surface area contributed by atoms with Crippen LogP contribution in [0.15, 0.2) is 15.4 Å². The summed E-state index contributed by atoms with van der Waals surface area (Å²) >= 11 is 6.39. The van der Waals surface area contributed by atoms with Gasteiger partial charge in [-0.15, -0.1) is 0 Å². The molecule has 0 bridgehead atoms. The van der Waals surface area contributed by atoms with Crippen molar-refractivity contribution in [3.63, 3.8) is 0 Å². The van der Waals surface area contributed by atoms with Crippen LogP contribution < -0.4 is 5.32 Å². The number of carbonyl (C=O) groups is 1. The van der Waals surface area contributed by atoms with Gasteiger partial charge in [-0.3, -0.25) is 4.79 Å². The molecule has 1 aromatic rings. The highest BCUT2D eigenvalue weighted by Gasteiger charge is 2.14. The molecule has 0 fully saturated rings. The van der Waals surface area contributed by atoms with Gasteiger partial charge in [0.25, 0.3) is 5.91 Å². The summed E-state index contributed by atoms with van der Waals surface area (Å²) < 4.78 is 6.40. The van der Waals surface area contributed by atoms with Gasteiger partial charge in [-0.25, -0.2) is 9.97 Å². The third-order valence-corrected chi connectivity index (χ3v) is 2.53. The molecule has 0 spiro atoms. The molecule has 17 heavy (non-hydrogen) atoms. The second kappa shape index (κ2) is 5.88. The van der Waals surface area contributed by atoms with Crippen molar-refractivity contribution in [2.24, 2.45) is 0 Å². The molecule has 1 aromatic heterocycles. The average molecular weight is 367 g/mol. The summed E-state index contributed by atoms with van der Waals surface area (Å²) in [5.41, 5.74) is -0.347. The molecule has 1 amide bonds. The summed E-state index contributed by atoms with van der Waals surface area (Å²) in [4.78, 5) is 19.6. The number of amides is 1. The molecule has 94 valence electrons. The normalized spacial score (nSPS) is 11.4. The molecule has 1 rings (SSSR count). The number of aromatic nitrogens is 2. The largest absolute Gasteiger partial charge is 0.366 e. The minimum Gasteiger partial charge on any atom is -0.366 e. The molecule has 0 unspecified atom stereocenters. The number of halogens is 2. The molecule has 0 saturated carbocycles. The topological polar surface area (TPSA) is 64.1 Å². The Kier molecular flexibility index (Phi) is 5.03. The van der Waals surface area contributed by atoms with Crippen LogP contribution >= 0.6 is 31.9 Å². The first-order valence-corrected chi connectivity index (χ1v) is 6.48. The summed E-state index contributed by atoms with van der Waals surface area (Å²) in [6, 6.07) is 0. The number of hydrogen-bond acceptors (Lipinski definition) is 4. The Morgan fingerprint density at radius 1 is 1.47 bits per heavy atom. The maximum absolute atomic E-state index is 11.6. The number of hydrogen-bond donors (Lipinski definition) is 1. The third kappa shape index (κ3) is 5.56. The summed E-state index contributed by atoms with van der Waals surface area (Å²) in [7, 11) is 0. The minimum absolute atomic E-state index is 0.0202. The van der Waals surface area contributed by atoms with Gasteiger partial charge in [-0.05, 0) is 52.6 Å². The number of ether oxygens (including phenoxy) is 1. The maximum Gasteiger partial charge on any atom is 0.251 e. The van der Waals surface area contributed by atoms with Gasteiger partial charge in [0.05, 0.1) is 11.8 Å². The first-order chi connectivity index (χ1) is 7.78. The molecular weight excluding hydrogens is 354 g/mol. The van der Waals surface area contributed by atoms with E-state index >= 15 is 0 Å².